The molecule has 0 spiro atoms. The van der Waals surface area contributed by atoms with Crippen LogP contribution in [0.3, 0.4) is 0 Å². The molecule has 0 aliphatic carbocycles. The Balaban J connectivity index is 2.47. The molecular formula is C12H8Br3FN2. The summed E-state index contributed by atoms with van der Waals surface area (Å²) in [5, 5.41) is 0. The molecule has 0 saturated heterocycles. The first-order valence-electron chi connectivity index (χ1n) is 5.00. The third-order valence-corrected chi connectivity index (χ3v) is 3.99. The van der Waals surface area contributed by atoms with Gasteiger partial charge in [0.15, 0.2) is 0 Å². The van der Waals surface area contributed by atoms with Gasteiger partial charge in [0.1, 0.15) is 5.82 Å². The van der Waals surface area contributed by atoms with Gasteiger partial charge in [-0.2, -0.15) is 0 Å². The van der Waals surface area contributed by atoms with Gasteiger partial charge in [-0.05, 0) is 56.1 Å². The van der Waals surface area contributed by atoms with E-state index in [0.29, 0.717) is 11.3 Å². The van der Waals surface area contributed by atoms with Gasteiger partial charge in [0.2, 0.25) is 0 Å². The van der Waals surface area contributed by atoms with Crippen molar-refractivity contribution in [2.75, 3.05) is 0 Å². The monoisotopic (exact) mass is 436 g/mol. The van der Waals surface area contributed by atoms with Crippen LogP contribution in [0, 0.1) is 5.82 Å². The molecule has 0 bridgehead atoms. The second-order valence-corrected chi connectivity index (χ2v) is 6.35. The molecule has 94 valence electrons. The van der Waals surface area contributed by atoms with Gasteiger partial charge < -0.3 is 5.73 Å². The third kappa shape index (κ3) is 2.99. The lowest BCUT2D eigenvalue weighted by molar-refractivity contribution is 0.596. The summed E-state index contributed by atoms with van der Waals surface area (Å²) in [7, 11) is 0. The molecule has 2 N–H and O–H groups in total. The lowest BCUT2D eigenvalue weighted by Crippen LogP contribution is -2.16. The molecule has 0 aliphatic rings. The number of benzene rings is 1. The van der Waals surface area contributed by atoms with Gasteiger partial charge in [0.25, 0.3) is 0 Å². The fourth-order valence-corrected chi connectivity index (χ4v) is 3.17. The van der Waals surface area contributed by atoms with Gasteiger partial charge in [-0.3, -0.25) is 4.98 Å². The predicted molar refractivity (Wildman–Crippen MR) is 79.8 cm³/mol. The van der Waals surface area contributed by atoms with Crippen molar-refractivity contribution in [1.29, 1.82) is 0 Å². The van der Waals surface area contributed by atoms with E-state index in [2.05, 4.69) is 52.8 Å². The molecule has 18 heavy (non-hydrogen) atoms. The van der Waals surface area contributed by atoms with E-state index in [4.69, 9.17) is 5.73 Å². The van der Waals surface area contributed by atoms with Gasteiger partial charge in [-0.1, -0.05) is 15.9 Å². The van der Waals surface area contributed by atoms with Crippen molar-refractivity contribution < 1.29 is 4.39 Å². The molecule has 0 amide bonds. The number of aromatic nitrogens is 1. The number of hydrogen-bond donors (Lipinski definition) is 1. The van der Waals surface area contributed by atoms with E-state index in [0.717, 1.165) is 13.4 Å². The largest absolute Gasteiger partial charge is 0.319 e. The highest BCUT2D eigenvalue weighted by atomic mass is 79.9. The van der Waals surface area contributed by atoms with E-state index >= 15 is 0 Å². The average molecular weight is 439 g/mol. The van der Waals surface area contributed by atoms with Crippen molar-refractivity contribution in [2.45, 2.75) is 6.04 Å². The van der Waals surface area contributed by atoms with Crippen molar-refractivity contribution in [3.8, 4) is 0 Å². The van der Waals surface area contributed by atoms with Crippen LogP contribution < -0.4 is 5.73 Å². The maximum Gasteiger partial charge on any atom is 0.128 e. The standard InChI is InChI=1S/C12H8Br3FN2/c13-6-1-2-10(16)8(3-6)11(17)12-9(15)4-7(14)5-18-12/h1-5,11H,17H2. The fourth-order valence-electron chi connectivity index (χ4n) is 1.55. The SMILES string of the molecule is NC(c1cc(Br)ccc1F)c1ncc(Br)cc1Br. The molecule has 1 unspecified atom stereocenters. The molecule has 1 aromatic carbocycles. The first-order chi connectivity index (χ1) is 8.49. The second kappa shape index (κ2) is 5.77. The van der Waals surface area contributed by atoms with Crippen LogP contribution in [0.1, 0.15) is 17.3 Å². The van der Waals surface area contributed by atoms with Crippen LogP contribution in [0.2, 0.25) is 0 Å². The number of pyridine rings is 1. The highest BCUT2D eigenvalue weighted by Gasteiger charge is 2.18. The molecule has 2 aromatic rings. The molecule has 1 atom stereocenters. The molecule has 0 aliphatic heterocycles. The van der Waals surface area contributed by atoms with Crippen LogP contribution in [-0.2, 0) is 0 Å². The van der Waals surface area contributed by atoms with Crippen LogP contribution in [0.25, 0.3) is 0 Å². The third-order valence-electron chi connectivity index (χ3n) is 2.42. The van der Waals surface area contributed by atoms with Crippen LogP contribution in [0.4, 0.5) is 4.39 Å². The van der Waals surface area contributed by atoms with Crippen LogP contribution in [-0.4, -0.2) is 4.98 Å². The minimum atomic E-state index is -0.620. The highest BCUT2D eigenvalue weighted by Crippen LogP contribution is 2.29. The summed E-state index contributed by atoms with van der Waals surface area (Å²) in [4.78, 5) is 4.22. The molecule has 6 heteroatoms. The van der Waals surface area contributed by atoms with Crippen molar-refractivity contribution in [1.82, 2.24) is 4.98 Å². The molecule has 0 fully saturated rings. The van der Waals surface area contributed by atoms with Gasteiger partial charge in [-0.15, -0.1) is 0 Å². The van der Waals surface area contributed by atoms with E-state index in [-0.39, 0.29) is 5.82 Å². The summed E-state index contributed by atoms with van der Waals surface area (Å²) in [6.45, 7) is 0. The van der Waals surface area contributed by atoms with E-state index < -0.39 is 6.04 Å². The van der Waals surface area contributed by atoms with Crippen LogP contribution >= 0.6 is 47.8 Å². The molecule has 1 heterocycles. The Labute approximate surface area is 129 Å². The zero-order valence-corrected chi connectivity index (χ0v) is 13.8. The molecular weight excluding hydrogens is 431 g/mol. The van der Waals surface area contributed by atoms with Crippen molar-refractivity contribution in [2.24, 2.45) is 5.73 Å². The minimum absolute atomic E-state index is 0.345. The molecule has 0 radical (unpaired) electrons. The summed E-state index contributed by atoms with van der Waals surface area (Å²) in [5.41, 5.74) is 7.06. The lowest BCUT2D eigenvalue weighted by Gasteiger charge is -2.14. The van der Waals surface area contributed by atoms with Crippen molar-refractivity contribution in [3.63, 3.8) is 0 Å². The Morgan fingerprint density at radius 3 is 2.50 bits per heavy atom. The van der Waals surface area contributed by atoms with Crippen molar-refractivity contribution in [3.05, 3.63) is 61.0 Å². The molecule has 2 nitrogen and oxygen atoms in total. The number of nitrogens with zero attached hydrogens (tertiary/aromatic N) is 1. The van der Waals surface area contributed by atoms with Gasteiger partial charge in [0.05, 0.1) is 11.7 Å². The number of hydrogen-bond acceptors (Lipinski definition) is 2. The number of halogens is 4. The predicted octanol–water partition coefficient (Wildman–Crippen LogP) is 4.56. The average Bonchev–Trinajstić information content (AvgIpc) is 2.31. The Morgan fingerprint density at radius 2 is 1.83 bits per heavy atom. The minimum Gasteiger partial charge on any atom is -0.319 e. The van der Waals surface area contributed by atoms with E-state index in [1.54, 1.807) is 18.3 Å². The second-order valence-electron chi connectivity index (χ2n) is 3.66. The van der Waals surface area contributed by atoms with E-state index in [9.17, 15) is 4.39 Å². The topological polar surface area (TPSA) is 38.9 Å². The first kappa shape index (κ1) is 14.1. The van der Waals surface area contributed by atoms with Gasteiger partial charge in [0, 0.05) is 25.2 Å². The Kier molecular flexibility index (Phi) is 4.53. The molecule has 0 saturated carbocycles. The smallest absolute Gasteiger partial charge is 0.128 e. The normalized spacial score (nSPS) is 12.5. The number of nitrogens with two attached hydrogens (primary N) is 1. The summed E-state index contributed by atoms with van der Waals surface area (Å²) in [6, 6.07) is 5.89. The zero-order chi connectivity index (χ0) is 13.3. The van der Waals surface area contributed by atoms with Crippen LogP contribution in [0.15, 0.2) is 43.9 Å². The summed E-state index contributed by atoms with van der Waals surface area (Å²) in [5.74, 6) is -0.345. The fraction of sp³-hybridized carbons (Fsp3) is 0.0833. The van der Waals surface area contributed by atoms with E-state index in [1.165, 1.54) is 6.07 Å². The van der Waals surface area contributed by atoms with Crippen molar-refractivity contribution >= 4 is 47.8 Å². The van der Waals surface area contributed by atoms with E-state index in [1.807, 2.05) is 6.07 Å². The van der Waals surface area contributed by atoms with Gasteiger partial charge >= 0.3 is 0 Å². The maximum atomic E-state index is 13.8. The summed E-state index contributed by atoms with van der Waals surface area (Å²) < 4.78 is 16.1. The quantitative estimate of drug-likeness (QED) is 0.746. The Bertz CT molecular complexity index is 590. The maximum absolute atomic E-state index is 13.8. The first-order valence-corrected chi connectivity index (χ1v) is 7.38. The highest BCUT2D eigenvalue weighted by molar-refractivity contribution is 9.11. The number of rotatable bonds is 2. The lowest BCUT2D eigenvalue weighted by atomic mass is 10.0. The molecule has 2 rings (SSSR count). The summed E-state index contributed by atoms with van der Waals surface area (Å²) in [6.07, 6.45) is 1.63. The van der Waals surface area contributed by atoms with Crippen LogP contribution in [0.5, 0.6) is 0 Å². The summed E-state index contributed by atoms with van der Waals surface area (Å²) >= 11 is 10.00. The molecule has 1 aromatic heterocycles. The Hall–Kier alpha value is -0.300. The van der Waals surface area contributed by atoms with Gasteiger partial charge in [-0.25, -0.2) is 4.39 Å². The Morgan fingerprint density at radius 1 is 1.11 bits per heavy atom. The zero-order valence-electron chi connectivity index (χ0n) is 9.00.